The Kier molecular flexibility index (Phi) is 2.09. The van der Waals surface area contributed by atoms with Crippen LogP contribution in [0.25, 0.3) is 0 Å². The summed E-state index contributed by atoms with van der Waals surface area (Å²) in [4.78, 5) is 12.0. The summed E-state index contributed by atoms with van der Waals surface area (Å²) < 4.78 is 13.8. The predicted octanol–water partition coefficient (Wildman–Crippen LogP) is 3.02. The van der Waals surface area contributed by atoms with E-state index in [1.807, 2.05) is 19.9 Å². The minimum absolute atomic E-state index is 0.137. The first kappa shape index (κ1) is 10.8. The van der Waals surface area contributed by atoms with Crippen molar-refractivity contribution in [1.29, 1.82) is 0 Å². The van der Waals surface area contributed by atoms with E-state index in [0.717, 1.165) is 24.0 Å². The highest BCUT2D eigenvalue weighted by molar-refractivity contribution is 5.96. The molecule has 2 aliphatic rings. The number of fused-ring (bicyclic) bond motifs is 1. The number of carbonyl (C=O) groups excluding carboxylic acids is 1. The Labute approximate surface area is 100 Å². The molecule has 0 atom stereocenters. The quantitative estimate of drug-likeness (QED) is 0.807. The molecule has 0 aromatic heterocycles. The van der Waals surface area contributed by atoms with Crippen LogP contribution in [0.1, 0.15) is 43.7 Å². The van der Waals surface area contributed by atoms with Gasteiger partial charge in [-0.2, -0.15) is 0 Å². The van der Waals surface area contributed by atoms with Crippen LogP contribution in [0.2, 0.25) is 0 Å². The Hall–Kier alpha value is -1.38. The van der Waals surface area contributed by atoms with E-state index < -0.39 is 5.54 Å². The lowest BCUT2D eigenvalue weighted by molar-refractivity contribution is -0.122. The van der Waals surface area contributed by atoms with Gasteiger partial charge in [0.2, 0.25) is 0 Å². The van der Waals surface area contributed by atoms with Crippen molar-refractivity contribution in [1.82, 2.24) is 0 Å². The molecule has 1 aliphatic heterocycles. The highest BCUT2D eigenvalue weighted by atomic mass is 19.1. The summed E-state index contributed by atoms with van der Waals surface area (Å²) in [5.41, 5.74) is 1.93. The van der Waals surface area contributed by atoms with Crippen LogP contribution >= 0.6 is 0 Å². The Bertz CT molecular complexity index is 503. The van der Waals surface area contributed by atoms with Gasteiger partial charge in [0.15, 0.2) is 5.78 Å². The third-order valence-electron chi connectivity index (χ3n) is 3.79. The van der Waals surface area contributed by atoms with E-state index >= 15 is 0 Å². The summed E-state index contributed by atoms with van der Waals surface area (Å²) >= 11 is 0. The van der Waals surface area contributed by atoms with Gasteiger partial charge in [0, 0.05) is 6.42 Å². The number of benzene rings is 1. The van der Waals surface area contributed by atoms with E-state index in [1.54, 1.807) is 0 Å². The summed E-state index contributed by atoms with van der Waals surface area (Å²) in [5, 5.41) is 3.05. The second-order valence-electron chi connectivity index (χ2n) is 5.61. The van der Waals surface area contributed by atoms with Gasteiger partial charge in [-0.1, -0.05) is 6.07 Å². The van der Waals surface area contributed by atoms with E-state index in [0.29, 0.717) is 18.0 Å². The minimum Gasteiger partial charge on any atom is -0.371 e. The van der Waals surface area contributed by atoms with Gasteiger partial charge in [0.1, 0.15) is 5.82 Å². The van der Waals surface area contributed by atoms with Crippen molar-refractivity contribution in [2.45, 2.75) is 44.6 Å². The maximum atomic E-state index is 13.8. The van der Waals surface area contributed by atoms with Crippen molar-refractivity contribution in [2.24, 2.45) is 0 Å². The second-order valence-corrected chi connectivity index (χ2v) is 5.61. The van der Waals surface area contributed by atoms with Gasteiger partial charge < -0.3 is 5.32 Å². The molecule has 0 radical (unpaired) electrons. The zero-order valence-corrected chi connectivity index (χ0v) is 10.1. The first-order chi connectivity index (χ1) is 7.99. The SMILES string of the molecule is CC1(C)Nc2c(F)ccc(C3CC3)c2CC1=O. The molecule has 17 heavy (non-hydrogen) atoms. The second kappa shape index (κ2) is 3.31. The molecule has 2 nitrogen and oxygen atoms in total. The molecule has 3 heteroatoms. The van der Waals surface area contributed by atoms with E-state index in [1.165, 1.54) is 6.07 Å². The number of anilines is 1. The Morgan fingerprint density at radius 1 is 1.35 bits per heavy atom. The lowest BCUT2D eigenvalue weighted by Crippen LogP contribution is -2.45. The molecule has 1 N–H and O–H groups in total. The molecule has 1 saturated carbocycles. The first-order valence-corrected chi connectivity index (χ1v) is 6.12. The number of Topliss-reactive ketones (excluding diaryl/α,β-unsaturated/α-hetero) is 1. The zero-order chi connectivity index (χ0) is 12.2. The summed E-state index contributed by atoms with van der Waals surface area (Å²) in [6.45, 7) is 3.61. The molecule has 0 amide bonds. The van der Waals surface area contributed by atoms with Crippen LogP contribution in [0, 0.1) is 5.82 Å². The molecule has 0 bridgehead atoms. The molecular weight excluding hydrogens is 217 g/mol. The van der Waals surface area contributed by atoms with E-state index in [9.17, 15) is 9.18 Å². The number of carbonyl (C=O) groups is 1. The number of nitrogens with one attached hydrogen (secondary N) is 1. The number of hydrogen-bond donors (Lipinski definition) is 1. The van der Waals surface area contributed by atoms with Crippen LogP contribution in [0.15, 0.2) is 12.1 Å². The summed E-state index contributed by atoms with van der Waals surface area (Å²) in [6, 6.07) is 3.37. The molecule has 1 aromatic rings. The predicted molar refractivity (Wildman–Crippen MR) is 64.8 cm³/mol. The van der Waals surface area contributed by atoms with Crippen LogP contribution in [-0.4, -0.2) is 11.3 Å². The summed E-state index contributed by atoms with van der Waals surface area (Å²) in [6.07, 6.45) is 2.68. The maximum absolute atomic E-state index is 13.8. The van der Waals surface area contributed by atoms with Gasteiger partial charge in [0.25, 0.3) is 0 Å². The van der Waals surface area contributed by atoms with E-state index in [2.05, 4.69) is 5.32 Å². The lowest BCUT2D eigenvalue weighted by atomic mass is 9.85. The summed E-state index contributed by atoms with van der Waals surface area (Å²) in [5.74, 6) is 0.433. The Morgan fingerprint density at radius 2 is 2.06 bits per heavy atom. The van der Waals surface area contributed by atoms with Gasteiger partial charge >= 0.3 is 0 Å². The zero-order valence-electron chi connectivity index (χ0n) is 10.1. The molecule has 1 heterocycles. The Morgan fingerprint density at radius 3 is 2.71 bits per heavy atom. The monoisotopic (exact) mass is 233 g/mol. The highest BCUT2D eigenvalue weighted by Crippen LogP contribution is 2.45. The van der Waals surface area contributed by atoms with Crippen LogP contribution < -0.4 is 5.32 Å². The van der Waals surface area contributed by atoms with Crippen LogP contribution in [0.4, 0.5) is 10.1 Å². The lowest BCUT2D eigenvalue weighted by Gasteiger charge is -2.33. The molecule has 90 valence electrons. The van der Waals surface area contributed by atoms with Crippen molar-refractivity contribution in [3.63, 3.8) is 0 Å². The van der Waals surface area contributed by atoms with E-state index in [4.69, 9.17) is 0 Å². The topological polar surface area (TPSA) is 29.1 Å². The number of rotatable bonds is 1. The molecule has 1 fully saturated rings. The third-order valence-corrected chi connectivity index (χ3v) is 3.79. The van der Waals surface area contributed by atoms with Crippen molar-refractivity contribution >= 4 is 11.5 Å². The van der Waals surface area contributed by atoms with Gasteiger partial charge in [-0.05, 0) is 49.8 Å². The molecule has 3 rings (SSSR count). The smallest absolute Gasteiger partial charge is 0.162 e. The van der Waals surface area contributed by atoms with Crippen molar-refractivity contribution in [2.75, 3.05) is 5.32 Å². The van der Waals surface area contributed by atoms with Gasteiger partial charge in [-0.3, -0.25) is 4.79 Å². The number of halogens is 1. The number of ketones is 1. The minimum atomic E-state index is -0.657. The largest absolute Gasteiger partial charge is 0.371 e. The normalized spacial score (nSPS) is 21.9. The van der Waals surface area contributed by atoms with Crippen molar-refractivity contribution in [3.05, 3.63) is 29.1 Å². The fraction of sp³-hybridized carbons (Fsp3) is 0.500. The molecule has 0 unspecified atom stereocenters. The van der Waals surface area contributed by atoms with Crippen LogP contribution in [-0.2, 0) is 11.2 Å². The van der Waals surface area contributed by atoms with Gasteiger partial charge in [0.05, 0.1) is 11.2 Å². The fourth-order valence-electron chi connectivity index (χ4n) is 2.50. The fourth-order valence-corrected chi connectivity index (χ4v) is 2.50. The third kappa shape index (κ3) is 1.65. The summed E-state index contributed by atoms with van der Waals surface area (Å²) in [7, 11) is 0. The molecule has 0 spiro atoms. The van der Waals surface area contributed by atoms with Crippen LogP contribution in [0.5, 0.6) is 0 Å². The highest BCUT2D eigenvalue weighted by Gasteiger charge is 2.37. The Balaban J connectivity index is 2.13. The standard InChI is InChI=1S/C14H16FNO/c1-14(2)12(17)7-10-9(8-3-4-8)5-6-11(15)13(10)16-14/h5-6,8,16H,3-4,7H2,1-2H3. The average Bonchev–Trinajstić information content (AvgIpc) is 3.05. The van der Waals surface area contributed by atoms with Gasteiger partial charge in [-0.15, -0.1) is 0 Å². The van der Waals surface area contributed by atoms with E-state index in [-0.39, 0.29) is 11.6 Å². The molecule has 0 saturated heterocycles. The molecular formula is C14H16FNO. The first-order valence-electron chi connectivity index (χ1n) is 6.12. The average molecular weight is 233 g/mol. The van der Waals surface area contributed by atoms with Gasteiger partial charge in [-0.25, -0.2) is 4.39 Å². The molecule has 1 aromatic carbocycles. The molecule has 1 aliphatic carbocycles. The van der Waals surface area contributed by atoms with Crippen molar-refractivity contribution < 1.29 is 9.18 Å². The van der Waals surface area contributed by atoms with Crippen LogP contribution in [0.3, 0.4) is 0 Å². The van der Waals surface area contributed by atoms with Crippen molar-refractivity contribution in [3.8, 4) is 0 Å². The number of hydrogen-bond acceptors (Lipinski definition) is 2. The maximum Gasteiger partial charge on any atom is 0.162 e.